The minimum Gasteiger partial charge on any atom is -0.392 e. The van der Waals surface area contributed by atoms with Crippen molar-refractivity contribution in [3.63, 3.8) is 0 Å². The Bertz CT molecular complexity index is 1290. The van der Waals surface area contributed by atoms with Crippen molar-refractivity contribution < 1.29 is 5.11 Å². The van der Waals surface area contributed by atoms with Crippen molar-refractivity contribution in [3.8, 4) is 6.07 Å². The molecule has 2 aromatic rings. The molecule has 0 radical (unpaired) electrons. The van der Waals surface area contributed by atoms with Gasteiger partial charge in [0.05, 0.1) is 23.7 Å². The second-order valence-corrected chi connectivity index (χ2v) is 10.1. The zero-order valence-corrected chi connectivity index (χ0v) is 20.2. The van der Waals surface area contributed by atoms with Crippen LogP contribution in [0, 0.1) is 11.3 Å². The molecule has 2 fully saturated rings. The van der Waals surface area contributed by atoms with E-state index in [1.165, 1.54) is 22.5 Å². The van der Waals surface area contributed by atoms with Crippen molar-refractivity contribution in [1.82, 2.24) is 20.1 Å². The molecule has 2 N–H and O–H groups in total. The van der Waals surface area contributed by atoms with Gasteiger partial charge >= 0.3 is 0 Å². The van der Waals surface area contributed by atoms with Crippen molar-refractivity contribution in [1.29, 1.82) is 5.26 Å². The Kier molecular flexibility index (Phi) is 5.71. The molecule has 0 bridgehead atoms. The Morgan fingerprint density at radius 1 is 1.20 bits per heavy atom. The number of piperazine rings is 1. The molecule has 4 heterocycles. The van der Waals surface area contributed by atoms with Gasteiger partial charge in [-0.05, 0) is 61.3 Å². The lowest BCUT2D eigenvalue weighted by atomic mass is 9.96. The summed E-state index contributed by atoms with van der Waals surface area (Å²) in [5.74, 6) is 0. The first-order valence-electron chi connectivity index (χ1n) is 12.7. The highest BCUT2D eigenvalue weighted by Gasteiger charge is 2.37. The number of rotatable bonds is 5. The van der Waals surface area contributed by atoms with Crippen LogP contribution in [0.2, 0.25) is 0 Å². The number of aliphatic hydroxyl groups is 1. The van der Waals surface area contributed by atoms with Crippen LogP contribution in [0.4, 0.5) is 5.69 Å². The molecule has 0 unspecified atom stereocenters. The van der Waals surface area contributed by atoms with Crippen molar-refractivity contribution in [2.24, 2.45) is 0 Å². The molecular formula is C28H32N6O. The number of hydrogen-bond acceptors (Lipinski definition) is 7. The van der Waals surface area contributed by atoms with Gasteiger partial charge in [-0.3, -0.25) is 9.88 Å². The van der Waals surface area contributed by atoms with Crippen molar-refractivity contribution in [2.45, 2.75) is 31.9 Å². The Balaban J connectivity index is 1.26. The molecule has 180 valence electrons. The van der Waals surface area contributed by atoms with Crippen molar-refractivity contribution in [3.05, 3.63) is 70.7 Å². The molecular weight excluding hydrogens is 436 g/mol. The number of aromatic nitrogens is 1. The fraction of sp³-hybridized carbons (Fsp3) is 0.429. The molecule has 0 saturated carbocycles. The van der Waals surface area contributed by atoms with Crippen LogP contribution in [0.25, 0.3) is 10.9 Å². The van der Waals surface area contributed by atoms with E-state index in [0.717, 1.165) is 75.2 Å². The Labute approximate surface area is 206 Å². The van der Waals surface area contributed by atoms with Crippen LogP contribution in [0.15, 0.2) is 65.2 Å². The highest BCUT2D eigenvalue weighted by atomic mass is 16.3. The van der Waals surface area contributed by atoms with E-state index in [1.54, 1.807) is 6.20 Å². The molecule has 1 aromatic carbocycles. The van der Waals surface area contributed by atoms with E-state index in [9.17, 15) is 10.4 Å². The largest absolute Gasteiger partial charge is 0.392 e. The summed E-state index contributed by atoms with van der Waals surface area (Å²) < 4.78 is 0. The van der Waals surface area contributed by atoms with Gasteiger partial charge in [-0.1, -0.05) is 6.08 Å². The van der Waals surface area contributed by atoms with Crippen LogP contribution in [0.1, 0.15) is 25.3 Å². The fourth-order valence-electron chi connectivity index (χ4n) is 6.10. The van der Waals surface area contributed by atoms with Crippen LogP contribution in [0.3, 0.4) is 0 Å². The van der Waals surface area contributed by atoms with Crippen LogP contribution in [-0.4, -0.2) is 77.8 Å². The predicted octanol–water partition coefficient (Wildman–Crippen LogP) is 2.75. The summed E-state index contributed by atoms with van der Waals surface area (Å²) in [7, 11) is 0. The smallest absolute Gasteiger partial charge is 0.101 e. The van der Waals surface area contributed by atoms with Gasteiger partial charge in [0, 0.05) is 74.0 Å². The lowest BCUT2D eigenvalue weighted by Crippen LogP contribution is -2.49. The number of nitrogens with one attached hydrogen (secondary N) is 1. The fourth-order valence-corrected chi connectivity index (χ4v) is 6.10. The van der Waals surface area contributed by atoms with E-state index in [0.29, 0.717) is 11.6 Å². The summed E-state index contributed by atoms with van der Waals surface area (Å²) in [6.45, 7) is 8.71. The number of nitriles is 1. The van der Waals surface area contributed by atoms with E-state index in [1.807, 2.05) is 12.1 Å². The molecule has 4 aliphatic rings. The zero-order chi connectivity index (χ0) is 23.9. The molecule has 1 aromatic heterocycles. The van der Waals surface area contributed by atoms with Gasteiger partial charge in [0.25, 0.3) is 0 Å². The first kappa shape index (κ1) is 22.1. The molecule has 3 aliphatic heterocycles. The van der Waals surface area contributed by atoms with E-state index in [-0.39, 0.29) is 6.10 Å². The number of benzene rings is 1. The monoisotopic (exact) mass is 468 g/mol. The maximum atomic E-state index is 9.79. The summed E-state index contributed by atoms with van der Waals surface area (Å²) in [6.07, 6.45) is 7.99. The third kappa shape index (κ3) is 3.97. The second-order valence-electron chi connectivity index (χ2n) is 10.1. The molecule has 2 saturated heterocycles. The number of likely N-dealkylation sites (tertiary alicyclic amines) is 1. The van der Waals surface area contributed by atoms with Gasteiger partial charge in [-0.25, -0.2) is 0 Å². The maximum absolute atomic E-state index is 9.79. The topological polar surface area (TPSA) is 78.7 Å². The van der Waals surface area contributed by atoms with Gasteiger partial charge in [0.2, 0.25) is 0 Å². The highest BCUT2D eigenvalue weighted by Crippen LogP contribution is 2.40. The summed E-state index contributed by atoms with van der Waals surface area (Å²) >= 11 is 0. The Hall–Kier alpha value is -3.34. The minimum atomic E-state index is -0.165. The van der Waals surface area contributed by atoms with Gasteiger partial charge in [-0.15, -0.1) is 0 Å². The van der Waals surface area contributed by atoms with E-state index in [2.05, 4.69) is 62.3 Å². The van der Waals surface area contributed by atoms with Crippen LogP contribution in [-0.2, 0) is 0 Å². The summed E-state index contributed by atoms with van der Waals surface area (Å²) in [5.41, 5.74) is 8.13. The average Bonchev–Trinajstić information content (AvgIpc) is 3.47. The molecule has 6 rings (SSSR count). The zero-order valence-electron chi connectivity index (χ0n) is 20.2. The number of aliphatic hydroxyl groups excluding tert-OH is 1. The number of pyridine rings is 1. The number of allylic oxidation sites excluding steroid dienone is 2. The van der Waals surface area contributed by atoms with Crippen LogP contribution >= 0.6 is 0 Å². The molecule has 0 spiro atoms. The Morgan fingerprint density at radius 2 is 2.11 bits per heavy atom. The average molecular weight is 469 g/mol. The van der Waals surface area contributed by atoms with Crippen LogP contribution < -0.4 is 10.2 Å². The second kappa shape index (κ2) is 9.03. The summed E-state index contributed by atoms with van der Waals surface area (Å²) in [6, 6.07) is 10.7. The molecule has 0 amide bonds. The van der Waals surface area contributed by atoms with Crippen molar-refractivity contribution in [2.75, 3.05) is 50.7 Å². The molecule has 2 atom stereocenters. The number of nitrogens with zero attached hydrogens (tertiary/aromatic N) is 5. The molecule has 35 heavy (non-hydrogen) atoms. The number of β-amino-alcohol motifs (C(OH)–C–C–N with tert-alkyl or cyclic N) is 1. The van der Waals surface area contributed by atoms with E-state index < -0.39 is 0 Å². The lowest BCUT2D eigenvalue weighted by molar-refractivity contribution is 0.177. The summed E-state index contributed by atoms with van der Waals surface area (Å²) in [5, 5.41) is 24.1. The van der Waals surface area contributed by atoms with Crippen LogP contribution in [0.5, 0.6) is 0 Å². The lowest BCUT2D eigenvalue weighted by Gasteiger charge is -2.42. The normalized spacial score (nSPS) is 24.3. The standard InChI is InChI=1S/C28H32N6O/c1-19-15-33(26-8-7-20(14-29)28-23(26)5-3-10-31-28)18-27-22-4-2-6-25(24(22)17-34(19)27)30-11-13-32-12-9-21(35)16-32/h2-3,5-8,10,19,21,30,35H,4,9,11-13,15-18H2,1H3/t19-,21+/m1/s1. The summed E-state index contributed by atoms with van der Waals surface area (Å²) in [4.78, 5) is 11.9. The minimum absolute atomic E-state index is 0.165. The number of anilines is 1. The quantitative estimate of drug-likeness (QED) is 0.699. The van der Waals surface area contributed by atoms with Crippen molar-refractivity contribution >= 4 is 16.6 Å². The van der Waals surface area contributed by atoms with Gasteiger partial charge in [0.1, 0.15) is 6.07 Å². The number of fused-ring (bicyclic) bond motifs is 3. The first-order chi connectivity index (χ1) is 17.1. The maximum Gasteiger partial charge on any atom is 0.101 e. The third-order valence-electron chi connectivity index (χ3n) is 7.88. The number of hydrogen-bond donors (Lipinski definition) is 2. The molecule has 7 heteroatoms. The Morgan fingerprint density at radius 3 is 2.94 bits per heavy atom. The highest BCUT2D eigenvalue weighted by molar-refractivity contribution is 5.95. The predicted molar refractivity (Wildman–Crippen MR) is 138 cm³/mol. The third-order valence-corrected chi connectivity index (χ3v) is 7.88. The molecule has 7 nitrogen and oxygen atoms in total. The van der Waals surface area contributed by atoms with E-state index >= 15 is 0 Å². The van der Waals surface area contributed by atoms with Gasteiger partial charge < -0.3 is 20.2 Å². The van der Waals surface area contributed by atoms with Gasteiger partial charge in [-0.2, -0.15) is 5.26 Å². The van der Waals surface area contributed by atoms with Gasteiger partial charge in [0.15, 0.2) is 0 Å². The first-order valence-corrected chi connectivity index (χ1v) is 12.7. The van der Waals surface area contributed by atoms with E-state index in [4.69, 9.17) is 0 Å². The molecule has 1 aliphatic carbocycles. The SMILES string of the molecule is C[C@@H]1CN(c2ccc(C#N)c3ncccc23)CC2=C3CC=CC(NCCN4CC[C@H](O)C4)=C3CN21.